The monoisotopic (exact) mass is 289 g/mol. The topological polar surface area (TPSA) is 30.5 Å². The Kier molecular flexibility index (Phi) is 3.70. The Hall–Kier alpha value is -1.87. The van der Waals surface area contributed by atoms with Gasteiger partial charge in [-0.15, -0.1) is 0 Å². The number of methoxy groups -OCH3 is 1. The van der Waals surface area contributed by atoms with Crippen LogP contribution in [-0.4, -0.2) is 19.8 Å². The average molecular weight is 290 g/mol. The van der Waals surface area contributed by atoms with Gasteiger partial charge in [0.15, 0.2) is 0 Å². The highest BCUT2D eigenvalue weighted by Crippen LogP contribution is 2.31. The number of halogens is 1. The van der Waals surface area contributed by atoms with E-state index in [4.69, 9.17) is 21.1 Å². The molecule has 3 rings (SSSR count). The summed E-state index contributed by atoms with van der Waals surface area (Å²) in [4.78, 5) is 0. The molecule has 4 heteroatoms. The molecule has 1 atom stereocenters. The van der Waals surface area contributed by atoms with Crippen molar-refractivity contribution >= 4 is 17.3 Å². The number of rotatable bonds is 4. The van der Waals surface area contributed by atoms with Gasteiger partial charge in [0.1, 0.15) is 17.6 Å². The third-order valence-electron chi connectivity index (χ3n) is 3.37. The van der Waals surface area contributed by atoms with Gasteiger partial charge in [0.25, 0.3) is 0 Å². The van der Waals surface area contributed by atoms with Gasteiger partial charge in [-0.2, -0.15) is 0 Å². The molecular weight excluding hydrogens is 274 g/mol. The largest absolute Gasteiger partial charge is 0.497 e. The van der Waals surface area contributed by atoms with E-state index in [1.165, 1.54) is 5.56 Å². The van der Waals surface area contributed by atoms with Crippen LogP contribution < -0.4 is 14.8 Å². The molecule has 104 valence electrons. The van der Waals surface area contributed by atoms with Gasteiger partial charge < -0.3 is 14.8 Å². The molecule has 0 fully saturated rings. The average Bonchev–Trinajstić information content (AvgIpc) is 2.87. The Labute approximate surface area is 123 Å². The minimum atomic E-state index is 0.134. The van der Waals surface area contributed by atoms with Gasteiger partial charge >= 0.3 is 0 Å². The quantitative estimate of drug-likeness (QED) is 0.929. The third-order valence-corrected chi connectivity index (χ3v) is 3.60. The molecule has 1 heterocycles. The molecule has 3 nitrogen and oxygen atoms in total. The highest BCUT2D eigenvalue weighted by Gasteiger charge is 2.22. The van der Waals surface area contributed by atoms with Gasteiger partial charge in [-0.3, -0.25) is 0 Å². The highest BCUT2D eigenvalue weighted by atomic mass is 35.5. The first-order valence-electron chi connectivity index (χ1n) is 6.57. The molecule has 1 aliphatic rings. The summed E-state index contributed by atoms with van der Waals surface area (Å²) in [6, 6.07) is 13.6. The smallest absolute Gasteiger partial charge is 0.123 e. The molecule has 2 aromatic carbocycles. The lowest BCUT2D eigenvalue weighted by molar-refractivity contribution is 0.246. The van der Waals surface area contributed by atoms with Crippen LogP contribution in [-0.2, 0) is 6.42 Å². The van der Waals surface area contributed by atoms with Gasteiger partial charge in [0, 0.05) is 23.2 Å². The summed E-state index contributed by atoms with van der Waals surface area (Å²) >= 11 is 5.99. The Morgan fingerprint density at radius 1 is 1.30 bits per heavy atom. The molecule has 2 aromatic rings. The maximum absolute atomic E-state index is 5.99. The molecule has 0 spiro atoms. The van der Waals surface area contributed by atoms with E-state index >= 15 is 0 Å². The van der Waals surface area contributed by atoms with Crippen LogP contribution in [0.1, 0.15) is 5.56 Å². The SMILES string of the molecule is COc1cccc(NCC2Cc3cc(Cl)ccc3O2)c1. The molecule has 0 amide bonds. The molecule has 20 heavy (non-hydrogen) atoms. The van der Waals surface area contributed by atoms with Crippen molar-refractivity contribution in [3.05, 3.63) is 53.1 Å². The molecule has 1 N–H and O–H groups in total. The van der Waals surface area contributed by atoms with Gasteiger partial charge in [0.05, 0.1) is 13.7 Å². The summed E-state index contributed by atoms with van der Waals surface area (Å²) in [5.41, 5.74) is 2.21. The second kappa shape index (κ2) is 5.63. The fraction of sp³-hybridized carbons (Fsp3) is 0.250. The summed E-state index contributed by atoms with van der Waals surface area (Å²) in [6.07, 6.45) is 1.02. The Morgan fingerprint density at radius 2 is 2.20 bits per heavy atom. The van der Waals surface area contributed by atoms with Crippen molar-refractivity contribution < 1.29 is 9.47 Å². The van der Waals surface area contributed by atoms with Crippen molar-refractivity contribution in [2.75, 3.05) is 19.0 Å². The lowest BCUT2D eigenvalue weighted by atomic mass is 10.1. The normalized spacial score (nSPS) is 16.4. The highest BCUT2D eigenvalue weighted by molar-refractivity contribution is 6.30. The second-order valence-corrected chi connectivity index (χ2v) is 5.25. The van der Waals surface area contributed by atoms with Gasteiger partial charge in [-0.05, 0) is 35.9 Å². The summed E-state index contributed by atoms with van der Waals surface area (Å²) in [6.45, 7) is 0.749. The number of ether oxygens (including phenoxy) is 2. The van der Waals surface area contributed by atoms with Crippen LogP contribution in [0.5, 0.6) is 11.5 Å². The summed E-state index contributed by atoms with van der Waals surface area (Å²) in [5, 5.41) is 4.13. The van der Waals surface area contributed by atoms with Crippen molar-refractivity contribution in [2.24, 2.45) is 0 Å². The maximum atomic E-state index is 5.99. The first kappa shape index (κ1) is 13.1. The molecule has 0 aromatic heterocycles. The van der Waals surface area contributed by atoms with Crippen molar-refractivity contribution in [1.29, 1.82) is 0 Å². The number of hydrogen-bond acceptors (Lipinski definition) is 3. The van der Waals surface area contributed by atoms with Crippen molar-refractivity contribution in [3.63, 3.8) is 0 Å². The standard InChI is InChI=1S/C16H16ClNO2/c1-19-14-4-2-3-13(9-14)18-10-15-8-11-7-12(17)5-6-16(11)20-15/h2-7,9,15,18H,8,10H2,1H3. The van der Waals surface area contributed by atoms with E-state index in [-0.39, 0.29) is 6.10 Å². The first-order valence-corrected chi connectivity index (χ1v) is 6.95. The molecule has 0 bridgehead atoms. The lowest BCUT2D eigenvalue weighted by Gasteiger charge is -2.13. The van der Waals surface area contributed by atoms with E-state index in [9.17, 15) is 0 Å². The molecule has 0 saturated heterocycles. The van der Waals surface area contributed by atoms with Crippen LogP contribution in [0.15, 0.2) is 42.5 Å². The van der Waals surface area contributed by atoms with Crippen molar-refractivity contribution in [1.82, 2.24) is 0 Å². The second-order valence-electron chi connectivity index (χ2n) is 4.81. The minimum Gasteiger partial charge on any atom is -0.497 e. The Bertz CT molecular complexity index is 615. The fourth-order valence-corrected chi connectivity index (χ4v) is 2.56. The molecule has 1 unspecified atom stereocenters. The summed E-state index contributed by atoms with van der Waals surface area (Å²) in [7, 11) is 1.67. The zero-order chi connectivity index (χ0) is 13.9. The molecule has 1 aliphatic heterocycles. The minimum absolute atomic E-state index is 0.134. The number of hydrogen-bond donors (Lipinski definition) is 1. The van der Waals surface area contributed by atoms with E-state index in [0.717, 1.165) is 35.2 Å². The molecular formula is C16H16ClNO2. The van der Waals surface area contributed by atoms with Gasteiger partial charge in [0.2, 0.25) is 0 Å². The number of fused-ring (bicyclic) bond motifs is 1. The summed E-state index contributed by atoms with van der Waals surface area (Å²) in [5.74, 6) is 1.78. The predicted octanol–water partition coefficient (Wildman–Crippen LogP) is 3.76. The summed E-state index contributed by atoms with van der Waals surface area (Å²) < 4.78 is 11.1. The van der Waals surface area contributed by atoms with E-state index in [0.29, 0.717) is 0 Å². The lowest BCUT2D eigenvalue weighted by Crippen LogP contribution is -2.23. The van der Waals surface area contributed by atoms with E-state index < -0.39 is 0 Å². The van der Waals surface area contributed by atoms with Crippen LogP contribution in [0.25, 0.3) is 0 Å². The van der Waals surface area contributed by atoms with Crippen LogP contribution in [0.3, 0.4) is 0 Å². The zero-order valence-corrected chi connectivity index (χ0v) is 12.0. The van der Waals surface area contributed by atoms with Gasteiger partial charge in [-0.1, -0.05) is 17.7 Å². The third kappa shape index (κ3) is 2.83. The Morgan fingerprint density at radius 3 is 3.05 bits per heavy atom. The molecule has 0 aliphatic carbocycles. The molecule has 0 saturated carbocycles. The predicted molar refractivity (Wildman–Crippen MR) is 81.1 cm³/mol. The van der Waals surface area contributed by atoms with E-state index in [2.05, 4.69) is 5.32 Å². The number of benzene rings is 2. The van der Waals surface area contributed by atoms with E-state index in [1.54, 1.807) is 7.11 Å². The van der Waals surface area contributed by atoms with Crippen LogP contribution in [0.4, 0.5) is 5.69 Å². The van der Waals surface area contributed by atoms with E-state index in [1.807, 2.05) is 42.5 Å². The van der Waals surface area contributed by atoms with Crippen molar-refractivity contribution in [3.8, 4) is 11.5 Å². The van der Waals surface area contributed by atoms with Crippen LogP contribution >= 0.6 is 11.6 Å². The fourth-order valence-electron chi connectivity index (χ4n) is 2.37. The number of anilines is 1. The number of nitrogens with one attached hydrogen (secondary N) is 1. The van der Waals surface area contributed by atoms with Crippen LogP contribution in [0, 0.1) is 0 Å². The molecule has 0 radical (unpaired) electrons. The van der Waals surface area contributed by atoms with Gasteiger partial charge in [-0.25, -0.2) is 0 Å². The van der Waals surface area contributed by atoms with Crippen LogP contribution in [0.2, 0.25) is 5.02 Å². The van der Waals surface area contributed by atoms with Crippen molar-refractivity contribution in [2.45, 2.75) is 12.5 Å². The first-order chi connectivity index (χ1) is 9.74. The Balaban J connectivity index is 1.60. The zero-order valence-electron chi connectivity index (χ0n) is 11.2. The maximum Gasteiger partial charge on any atom is 0.123 e.